The lowest BCUT2D eigenvalue weighted by Crippen LogP contribution is -2.44. The van der Waals surface area contributed by atoms with E-state index in [-0.39, 0.29) is 6.10 Å². The number of nitriles is 1. The van der Waals surface area contributed by atoms with E-state index in [1.165, 1.54) is 5.56 Å². The lowest BCUT2D eigenvalue weighted by Gasteiger charge is -2.30. The van der Waals surface area contributed by atoms with Gasteiger partial charge in [0.1, 0.15) is 11.8 Å². The predicted molar refractivity (Wildman–Crippen MR) is 73.8 cm³/mol. The van der Waals surface area contributed by atoms with Crippen LogP contribution in [0, 0.1) is 18.3 Å². The summed E-state index contributed by atoms with van der Waals surface area (Å²) in [7, 11) is 4.05. The molecular weight excluding hydrogens is 240 g/mol. The molecule has 1 atom stereocenters. The van der Waals surface area contributed by atoms with Crippen molar-refractivity contribution in [2.24, 2.45) is 7.05 Å². The lowest BCUT2D eigenvalue weighted by molar-refractivity contribution is -0.0182. The normalized spacial score (nSPS) is 20.4. The monoisotopic (exact) mass is 262 g/mol. The molecule has 0 amide bonds. The number of morpholine rings is 1. The van der Waals surface area contributed by atoms with Crippen molar-refractivity contribution in [2.75, 3.05) is 33.3 Å². The molecule has 5 heteroatoms. The number of rotatable bonds is 4. The summed E-state index contributed by atoms with van der Waals surface area (Å²) >= 11 is 0. The molecule has 1 aliphatic rings. The zero-order valence-corrected chi connectivity index (χ0v) is 11.9. The average molecular weight is 262 g/mol. The minimum Gasteiger partial charge on any atom is -0.374 e. The highest BCUT2D eigenvalue weighted by Crippen LogP contribution is 2.13. The van der Waals surface area contributed by atoms with E-state index >= 15 is 0 Å². The molecule has 1 aromatic heterocycles. The minimum absolute atomic E-state index is 0.262. The van der Waals surface area contributed by atoms with E-state index in [1.807, 2.05) is 24.6 Å². The highest BCUT2D eigenvalue weighted by Gasteiger charge is 2.17. The van der Waals surface area contributed by atoms with Crippen molar-refractivity contribution in [3.63, 3.8) is 0 Å². The molecular formula is C14H22N4O. The van der Waals surface area contributed by atoms with Crippen molar-refractivity contribution in [3.05, 3.63) is 23.0 Å². The van der Waals surface area contributed by atoms with Crippen molar-refractivity contribution in [2.45, 2.75) is 19.6 Å². The van der Waals surface area contributed by atoms with Crippen molar-refractivity contribution < 1.29 is 4.74 Å². The number of nitrogens with one attached hydrogen (secondary N) is 1. The summed E-state index contributed by atoms with van der Waals surface area (Å²) < 4.78 is 7.64. The second-order valence-corrected chi connectivity index (χ2v) is 5.20. The number of likely N-dealkylation sites (N-methyl/N-ethyl adjacent to an activating group) is 1. The van der Waals surface area contributed by atoms with E-state index in [2.05, 4.69) is 23.3 Å². The Morgan fingerprint density at radius 3 is 2.95 bits per heavy atom. The fourth-order valence-corrected chi connectivity index (χ4v) is 2.41. The second-order valence-electron chi connectivity index (χ2n) is 5.20. The molecule has 0 spiro atoms. The Kier molecular flexibility index (Phi) is 4.59. The van der Waals surface area contributed by atoms with Crippen LogP contribution in [0.15, 0.2) is 6.07 Å². The fourth-order valence-electron chi connectivity index (χ4n) is 2.41. The topological polar surface area (TPSA) is 53.2 Å². The van der Waals surface area contributed by atoms with Crippen LogP contribution in [-0.4, -0.2) is 48.9 Å². The summed E-state index contributed by atoms with van der Waals surface area (Å²) in [5.41, 5.74) is 3.04. The first-order valence-electron chi connectivity index (χ1n) is 6.68. The summed E-state index contributed by atoms with van der Waals surface area (Å²) in [6.07, 6.45) is 0.262. The molecule has 1 fully saturated rings. The highest BCUT2D eigenvalue weighted by molar-refractivity contribution is 5.34. The Morgan fingerprint density at radius 2 is 2.32 bits per heavy atom. The van der Waals surface area contributed by atoms with Gasteiger partial charge in [0.15, 0.2) is 0 Å². The Bertz CT molecular complexity index is 475. The first-order valence-corrected chi connectivity index (χ1v) is 6.68. The van der Waals surface area contributed by atoms with E-state index in [0.717, 1.165) is 38.5 Å². The quantitative estimate of drug-likeness (QED) is 0.864. The molecule has 5 nitrogen and oxygen atoms in total. The Balaban J connectivity index is 1.84. The van der Waals surface area contributed by atoms with Gasteiger partial charge in [-0.25, -0.2) is 0 Å². The minimum atomic E-state index is 0.262. The van der Waals surface area contributed by atoms with Gasteiger partial charge >= 0.3 is 0 Å². The molecule has 1 saturated heterocycles. The number of hydrogen-bond acceptors (Lipinski definition) is 4. The Labute approximate surface area is 114 Å². The first-order chi connectivity index (χ1) is 9.11. The van der Waals surface area contributed by atoms with Gasteiger partial charge in [0.25, 0.3) is 0 Å². The van der Waals surface area contributed by atoms with Crippen LogP contribution in [-0.2, 0) is 18.3 Å². The Hall–Kier alpha value is -1.35. The summed E-state index contributed by atoms with van der Waals surface area (Å²) in [5.74, 6) is 0. The zero-order valence-electron chi connectivity index (χ0n) is 11.9. The smallest absolute Gasteiger partial charge is 0.120 e. The third-order valence-electron chi connectivity index (χ3n) is 3.78. The van der Waals surface area contributed by atoms with Crippen LogP contribution in [0.3, 0.4) is 0 Å². The standard InChI is InChI=1S/C14H22N4O/c1-11-12(6-13(7-15)18(11)3)8-16-9-14-10-17(2)4-5-19-14/h6,14,16H,4-5,8-10H2,1-3H3. The lowest BCUT2D eigenvalue weighted by atomic mass is 10.2. The third-order valence-corrected chi connectivity index (χ3v) is 3.78. The van der Waals surface area contributed by atoms with Crippen LogP contribution in [0.5, 0.6) is 0 Å². The van der Waals surface area contributed by atoms with Gasteiger partial charge in [-0.05, 0) is 25.6 Å². The maximum atomic E-state index is 9.00. The van der Waals surface area contributed by atoms with Gasteiger partial charge in [0.2, 0.25) is 0 Å². The molecule has 2 heterocycles. The summed E-state index contributed by atoms with van der Waals surface area (Å²) in [4.78, 5) is 2.29. The van der Waals surface area contributed by atoms with Crippen LogP contribution < -0.4 is 5.32 Å². The van der Waals surface area contributed by atoms with Crippen molar-refractivity contribution in [3.8, 4) is 6.07 Å². The summed E-state index contributed by atoms with van der Waals surface area (Å²) in [6, 6.07) is 4.16. The molecule has 104 valence electrons. The zero-order chi connectivity index (χ0) is 13.8. The van der Waals surface area contributed by atoms with Gasteiger partial charge in [0.05, 0.1) is 12.7 Å². The molecule has 0 saturated carbocycles. The van der Waals surface area contributed by atoms with Gasteiger partial charge in [-0.15, -0.1) is 0 Å². The van der Waals surface area contributed by atoms with Gasteiger partial charge in [-0.1, -0.05) is 0 Å². The molecule has 1 aromatic rings. The molecule has 0 aromatic carbocycles. The SMILES string of the molecule is Cc1c(CNCC2CN(C)CCO2)cc(C#N)n1C. The molecule has 0 aliphatic carbocycles. The molecule has 1 unspecified atom stereocenters. The maximum absolute atomic E-state index is 9.00. The largest absolute Gasteiger partial charge is 0.374 e. The summed E-state index contributed by atoms with van der Waals surface area (Å²) in [6.45, 7) is 6.48. The second kappa shape index (κ2) is 6.20. The molecule has 1 aliphatic heterocycles. The highest BCUT2D eigenvalue weighted by atomic mass is 16.5. The van der Waals surface area contributed by atoms with E-state index in [0.29, 0.717) is 5.69 Å². The number of nitrogens with zero attached hydrogens (tertiary/aromatic N) is 3. The fraction of sp³-hybridized carbons (Fsp3) is 0.643. The van der Waals surface area contributed by atoms with Crippen molar-refractivity contribution >= 4 is 0 Å². The van der Waals surface area contributed by atoms with E-state index in [4.69, 9.17) is 10.00 Å². The molecule has 2 rings (SSSR count). The summed E-state index contributed by atoms with van der Waals surface area (Å²) in [5, 5.41) is 12.4. The van der Waals surface area contributed by atoms with Crippen LogP contribution in [0.25, 0.3) is 0 Å². The number of aromatic nitrogens is 1. The van der Waals surface area contributed by atoms with E-state index in [9.17, 15) is 0 Å². The van der Waals surface area contributed by atoms with E-state index < -0.39 is 0 Å². The molecule has 1 N–H and O–H groups in total. The number of hydrogen-bond donors (Lipinski definition) is 1. The van der Waals surface area contributed by atoms with Gasteiger partial charge < -0.3 is 19.5 Å². The van der Waals surface area contributed by atoms with E-state index in [1.54, 1.807) is 0 Å². The molecule has 0 bridgehead atoms. The average Bonchev–Trinajstić information content (AvgIpc) is 2.67. The van der Waals surface area contributed by atoms with Crippen LogP contribution in [0.4, 0.5) is 0 Å². The third kappa shape index (κ3) is 3.35. The van der Waals surface area contributed by atoms with Crippen LogP contribution >= 0.6 is 0 Å². The molecule has 19 heavy (non-hydrogen) atoms. The van der Waals surface area contributed by atoms with Crippen molar-refractivity contribution in [1.82, 2.24) is 14.8 Å². The molecule has 0 radical (unpaired) electrons. The Morgan fingerprint density at radius 1 is 1.53 bits per heavy atom. The van der Waals surface area contributed by atoms with Crippen molar-refractivity contribution in [1.29, 1.82) is 5.26 Å². The van der Waals surface area contributed by atoms with Gasteiger partial charge in [-0.2, -0.15) is 5.26 Å². The van der Waals surface area contributed by atoms with Gasteiger partial charge in [0, 0.05) is 38.9 Å². The maximum Gasteiger partial charge on any atom is 0.120 e. The van der Waals surface area contributed by atoms with Crippen LogP contribution in [0.2, 0.25) is 0 Å². The van der Waals surface area contributed by atoms with Crippen LogP contribution in [0.1, 0.15) is 17.0 Å². The first kappa shape index (κ1) is 14.1. The van der Waals surface area contributed by atoms with Gasteiger partial charge in [-0.3, -0.25) is 0 Å². The predicted octanol–water partition coefficient (Wildman–Crippen LogP) is 0.625. The number of ether oxygens (including phenoxy) is 1.